The summed E-state index contributed by atoms with van der Waals surface area (Å²) in [5.41, 5.74) is 3.93. The molecule has 0 unspecified atom stereocenters. The van der Waals surface area contributed by atoms with Crippen molar-refractivity contribution in [2.24, 2.45) is 0 Å². The highest BCUT2D eigenvalue weighted by molar-refractivity contribution is 6.32. The molecule has 3 rings (SSSR count). The zero-order valence-electron chi connectivity index (χ0n) is 15.3. The number of benzene rings is 3. The third-order valence-electron chi connectivity index (χ3n) is 4.03. The number of anilines is 2. The van der Waals surface area contributed by atoms with Crippen LogP contribution in [0.4, 0.5) is 11.4 Å². The number of amides is 1. The van der Waals surface area contributed by atoms with Gasteiger partial charge in [-0.3, -0.25) is 4.79 Å². The molecule has 1 amide bonds. The van der Waals surface area contributed by atoms with Crippen LogP contribution in [-0.2, 0) is 11.3 Å². The van der Waals surface area contributed by atoms with Crippen molar-refractivity contribution in [3.05, 3.63) is 87.9 Å². The lowest BCUT2D eigenvalue weighted by molar-refractivity contribution is -0.118. The van der Waals surface area contributed by atoms with Crippen LogP contribution >= 0.6 is 23.2 Å². The van der Waals surface area contributed by atoms with Crippen LogP contribution in [-0.4, -0.2) is 12.5 Å². The maximum absolute atomic E-state index is 12.0. The first kappa shape index (κ1) is 20.1. The zero-order valence-corrected chi connectivity index (χ0v) is 16.8. The van der Waals surface area contributed by atoms with Gasteiger partial charge in [0.15, 0.2) is 6.61 Å². The summed E-state index contributed by atoms with van der Waals surface area (Å²) in [6.45, 7) is 2.56. The summed E-state index contributed by atoms with van der Waals surface area (Å²) in [5.74, 6) is 0.190. The van der Waals surface area contributed by atoms with E-state index in [-0.39, 0.29) is 12.5 Å². The molecular weight excluding hydrogens is 395 g/mol. The molecule has 0 saturated heterocycles. The van der Waals surface area contributed by atoms with Crippen LogP contribution in [0.2, 0.25) is 10.0 Å². The van der Waals surface area contributed by atoms with Crippen molar-refractivity contribution in [2.75, 3.05) is 17.2 Å². The van der Waals surface area contributed by atoms with E-state index < -0.39 is 0 Å². The molecule has 0 aliphatic heterocycles. The molecule has 0 fully saturated rings. The van der Waals surface area contributed by atoms with Crippen LogP contribution in [0.1, 0.15) is 11.1 Å². The predicted octanol–water partition coefficient (Wildman–Crippen LogP) is 5.93. The number of carbonyl (C=O) groups is 1. The van der Waals surface area contributed by atoms with Crippen molar-refractivity contribution >= 4 is 40.5 Å². The van der Waals surface area contributed by atoms with Gasteiger partial charge in [-0.15, -0.1) is 0 Å². The summed E-state index contributed by atoms with van der Waals surface area (Å²) in [7, 11) is 0. The summed E-state index contributed by atoms with van der Waals surface area (Å²) >= 11 is 12.1. The van der Waals surface area contributed by atoms with Gasteiger partial charge < -0.3 is 15.4 Å². The van der Waals surface area contributed by atoms with Crippen molar-refractivity contribution in [2.45, 2.75) is 13.5 Å². The molecule has 2 N–H and O–H groups in total. The Bertz CT molecular complexity index is 942. The average Bonchev–Trinajstić information content (AvgIpc) is 2.68. The SMILES string of the molecule is Cc1ccc(NCc2ccc(OCC(=O)Nc3ccc(Cl)cc3)c(Cl)c2)cc1. The third kappa shape index (κ3) is 5.91. The van der Waals surface area contributed by atoms with E-state index in [1.807, 2.05) is 24.3 Å². The van der Waals surface area contributed by atoms with Gasteiger partial charge in [0.2, 0.25) is 0 Å². The normalized spacial score (nSPS) is 10.4. The van der Waals surface area contributed by atoms with Crippen LogP contribution in [0.25, 0.3) is 0 Å². The number of halogens is 2. The molecule has 0 saturated carbocycles. The molecule has 0 heterocycles. The highest BCUT2D eigenvalue weighted by Crippen LogP contribution is 2.26. The molecule has 0 aromatic heterocycles. The van der Waals surface area contributed by atoms with E-state index in [2.05, 4.69) is 29.7 Å². The van der Waals surface area contributed by atoms with Gasteiger partial charge in [0, 0.05) is 22.9 Å². The van der Waals surface area contributed by atoms with Gasteiger partial charge >= 0.3 is 0 Å². The largest absolute Gasteiger partial charge is 0.482 e. The topological polar surface area (TPSA) is 50.4 Å². The number of carbonyl (C=O) groups excluding carboxylic acids is 1. The molecule has 3 aromatic rings. The molecule has 3 aromatic carbocycles. The molecule has 0 atom stereocenters. The van der Waals surface area contributed by atoms with Crippen molar-refractivity contribution in [3.8, 4) is 5.75 Å². The fraction of sp³-hybridized carbons (Fsp3) is 0.136. The van der Waals surface area contributed by atoms with Crippen LogP contribution in [0, 0.1) is 6.92 Å². The maximum atomic E-state index is 12.0. The Morgan fingerprint density at radius 1 is 0.929 bits per heavy atom. The fourth-order valence-corrected chi connectivity index (χ4v) is 2.90. The summed E-state index contributed by atoms with van der Waals surface area (Å²) in [5, 5.41) is 7.15. The summed E-state index contributed by atoms with van der Waals surface area (Å²) in [4.78, 5) is 12.0. The molecule has 144 valence electrons. The monoisotopic (exact) mass is 414 g/mol. The minimum atomic E-state index is -0.275. The number of rotatable bonds is 7. The van der Waals surface area contributed by atoms with E-state index in [0.29, 0.717) is 28.0 Å². The summed E-state index contributed by atoms with van der Waals surface area (Å²) in [6.07, 6.45) is 0. The Balaban J connectivity index is 1.51. The van der Waals surface area contributed by atoms with Crippen molar-refractivity contribution in [3.63, 3.8) is 0 Å². The van der Waals surface area contributed by atoms with Crippen molar-refractivity contribution in [1.29, 1.82) is 0 Å². The molecule has 0 bridgehead atoms. The highest BCUT2D eigenvalue weighted by atomic mass is 35.5. The molecule has 6 heteroatoms. The van der Waals surface area contributed by atoms with E-state index in [9.17, 15) is 4.79 Å². The molecule has 0 radical (unpaired) electrons. The number of hydrogen-bond acceptors (Lipinski definition) is 3. The first-order valence-electron chi connectivity index (χ1n) is 8.77. The van der Waals surface area contributed by atoms with Crippen molar-refractivity contribution < 1.29 is 9.53 Å². The van der Waals surface area contributed by atoms with Gasteiger partial charge in [0.25, 0.3) is 5.91 Å². The maximum Gasteiger partial charge on any atom is 0.262 e. The number of nitrogens with one attached hydrogen (secondary N) is 2. The lowest BCUT2D eigenvalue weighted by atomic mass is 10.2. The average molecular weight is 415 g/mol. The van der Waals surface area contributed by atoms with Crippen LogP contribution < -0.4 is 15.4 Å². The molecule has 0 aliphatic rings. The Morgan fingerprint density at radius 2 is 1.61 bits per heavy atom. The molecule has 0 spiro atoms. The minimum Gasteiger partial charge on any atom is -0.482 e. The second-order valence-electron chi connectivity index (χ2n) is 6.33. The Hall–Kier alpha value is -2.69. The Morgan fingerprint density at radius 3 is 2.29 bits per heavy atom. The van der Waals surface area contributed by atoms with Gasteiger partial charge in [0.1, 0.15) is 5.75 Å². The fourth-order valence-electron chi connectivity index (χ4n) is 2.52. The molecule has 0 aliphatic carbocycles. The lowest BCUT2D eigenvalue weighted by Gasteiger charge is -2.11. The summed E-state index contributed by atoms with van der Waals surface area (Å²) < 4.78 is 5.54. The lowest BCUT2D eigenvalue weighted by Crippen LogP contribution is -2.20. The first-order chi connectivity index (χ1) is 13.5. The van der Waals surface area contributed by atoms with E-state index in [4.69, 9.17) is 27.9 Å². The van der Waals surface area contributed by atoms with Crippen molar-refractivity contribution in [1.82, 2.24) is 0 Å². The van der Waals surface area contributed by atoms with E-state index in [1.54, 1.807) is 30.3 Å². The standard InChI is InChI=1S/C22H20Cl2N2O2/c1-15-2-7-18(8-3-15)25-13-16-4-11-21(20(24)12-16)28-14-22(27)26-19-9-5-17(23)6-10-19/h2-12,25H,13-14H2,1H3,(H,26,27). The van der Waals surface area contributed by atoms with Crippen LogP contribution in [0.5, 0.6) is 5.75 Å². The van der Waals surface area contributed by atoms with E-state index >= 15 is 0 Å². The van der Waals surface area contributed by atoms with Gasteiger partial charge in [0.05, 0.1) is 5.02 Å². The number of ether oxygens (including phenoxy) is 1. The Kier molecular flexibility index (Phi) is 6.80. The molecule has 28 heavy (non-hydrogen) atoms. The third-order valence-corrected chi connectivity index (χ3v) is 4.58. The second-order valence-corrected chi connectivity index (χ2v) is 7.17. The summed E-state index contributed by atoms with van der Waals surface area (Å²) in [6, 6.07) is 20.6. The predicted molar refractivity (Wildman–Crippen MR) is 116 cm³/mol. The second kappa shape index (κ2) is 9.49. The minimum absolute atomic E-state index is 0.136. The smallest absolute Gasteiger partial charge is 0.262 e. The number of aryl methyl sites for hydroxylation is 1. The van der Waals surface area contributed by atoms with Gasteiger partial charge in [-0.25, -0.2) is 0 Å². The van der Waals surface area contributed by atoms with E-state index in [0.717, 1.165) is 11.3 Å². The Labute approximate surface area is 174 Å². The first-order valence-corrected chi connectivity index (χ1v) is 9.52. The quantitative estimate of drug-likeness (QED) is 0.503. The van der Waals surface area contributed by atoms with Gasteiger partial charge in [-0.05, 0) is 61.0 Å². The van der Waals surface area contributed by atoms with E-state index in [1.165, 1.54) is 5.56 Å². The van der Waals surface area contributed by atoms with Crippen LogP contribution in [0.15, 0.2) is 66.7 Å². The highest BCUT2D eigenvalue weighted by Gasteiger charge is 2.08. The molecular formula is C22H20Cl2N2O2. The van der Waals surface area contributed by atoms with Gasteiger partial charge in [-0.2, -0.15) is 0 Å². The molecule has 4 nitrogen and oxygen atoms in total. The number of hydrogen-bond donors (Lipinski definition) is 2. The van der Waals surface area contributed by atoms with Gasteiger partial charge in [-0.1, -0.05) is 47.0 Å². The van der Waals surface area contributed by atoms with Crippen LogP contribution in [0.3, 0.4) is 0 Å². The zero-order chi connectivity index (χ0) is 19.9.